The summed E-state index contributed by atoms with van der Waals surface area (Å²) in [5.41, 5.74) is 12.6. The first-order valence-electron chi connectivity index (χ1n) is 21.1. The molecule has 10 aromatic rings. The zero-order chi connectivity index (χ0) is 42.5. The molecule has 0 saturated heterocycles. The number of hydrogen-bond acceptors (Lipinski definition) is 4. The standard InChI is InChI=1S/C58H44N2O2/c1-37-15-23-43(24-16-37)59(44-25-17-38(2)18-26-44)53-35-51(57(61)41-11-7-5-8-12-41)47-32-34-50-54(60(45-27-19-39(3)20-28-45)46-29-21-40(4)22-30-46)36-52(58(62)42-13-9-6-10-14-42)48-31-33-49(53)55(47)56(48)50/h5-36H,1-4H3. The van der Waals surface area contributed by atoms with Crippen molar-refractivity contribution in [3.63, 3.8) is 0 Å². The number of nitrogens with zero attached hydrogens (tertiary/aromatic N) is 2. The van der Waals surface area contributed by atoms with Gasteiger partial charge in [0.15, 0.2) is 11.6 Å². The highest BCUT2D eigenvalue weighted by Crippen LogP contribution is 2.50. The summed E-state index contributed by atoms with van der Waals surface area (Å²) >= 11 is 0. The molecular weight excluding hydrogens is 757 g/mol. The van der Waals surface area contributed by atoms with Gasteiger partial charge in [-0.2, -0.15) is 0 Å². The lowest BCUT2D eigenvalue weighted by Gasteiger charge is -2.31. The van der Waals surface area contributed by atoms with E-state index in [2.05, 4.69) is 171 Å². The number of hydrogen-bond donors (Lipinski definition) is 0. The van der Waals surface area contributed by atoms with E-state index in [9.17, 15) is 0 Å². The zero-order valence-electron chi connectivity index (χ0n) is 35.2. The molecule has 4 heteroatoms. The highest BCUT2D eigenvalue weighted by Gasteiger charge is 2.28. The van der Waals surface area contributed by atoms with Crippen molar-refractivity contribution in [1.29, 1.82) is 0 Å². The van der Waals surface area contributed by atoms with Gasteiger partial charge in [-0.05, 0) is 99.1 Å². The summed E-state index contributed by atoms with van der Waals surface area (Å²) in [5, 5.41) is 5.45. The van der Waals surface area contributed by atoms with Gasteiger partial charge in [0.2, 0.25) is 0 Å². The average Bonchev–Trinajstić information content (AvgIpc) is 3.31. The third-order valence-corrected chi connectivity index (χ3v) is 12.1. The quantitative estimate of drug-likeness (QED) is 0.102. The molecule has 0 fully saturated rings. The average molecular weight is 801 g/mol. The Morgan fingerprint density at radius 3 is 0.887 bits per heavy atom. The van der Waals surface area contributed by atoms with E-state index in [0.29, 0.717) is 22.3 Å². The number of carbonyl (C=O) groups is 2. The first-order valence-corrected chi connectivity index (χ1v) is 21.1. The van der Waals surface area contributed by atoms with Gasteiger partial charge in [-0.15, -0.1) is 0 Å². The van der Waals surface area contributed by atoms with Gasteiger partial charge >= 0.3 is 0 Å². The Labute approximate surface area is 362 Å². The molecule has 0 aliphatic carbocycles. The lowest BCUT2D eigenvalue weighted by molar-refractivity contribution is 0.103. The van der Waals surface area contributed by atoms with Crippen molar-refractivity contribution >= 4 is 78.0 Å². The fourth-order valence-electron chi connectivity index (χ4n) is 8.82. The predicted octanol–water partition coefficient (Wildman–Crippen LogP) is 15.2. The molecule has 62 heavy (non-hydrogen) atoms. The second-order valence-electron chi connectivity index (χ2n) is 16.4. The van der Waals surface area contributed by atoms with Crippen LogP contribution in [0.15, 0.2) is 194 Å². The van der Waals surface area contributed by atoms with E-state index in [4.69, 9.17) is 0 Å². The summed E-state index contributed by atoms with van der Waals surface area (Å²) in [6.07, 6.45) is 0. The lowest BCUT2D eigenvalue weighted by atomic mass is 9.85. The minimum atomic E-state index is -0.0701. The number of rotatable bonds is 10. The maximum absolute atomic E-state index is 15.0. The van der Waals surface area contributed by atoms with Crippen LogP contribution >= 0.6 is 0 Å². The molecule has 10 rings (SSSR count). The maximum atomic E-state index is 15.0. The molecule has 0 saturated carbocycles. The minimum Gasteiger partial charge on any atom is -0.310 e. The normalized spacial score (nSPS) is 11.4. The summed E-state index contributed by atoms with van der Waals surface area (Å²) in [5.74, 6) is -0.140. The molecule has 0 aromatic heterocycles. The van der Waals surface area contributed by atoms with E-state index in [1.165, 1.54) is 0 Å². The second-order valence-corrected chi connectivity index (χ2v) is 16.4. The van der Waals surface area contributed by atoms with Gasteiger partial charge in [0.1, 0.15) is 0 Å². The van der Waals surface area contributed by atoms with Crippen molar-refractivity contribution in [2.75, 3.05) is 9.80 Å². The summed E-state index contributed by atoms with van der Waals surface area (Å²) in [6.45, 7) is 8.37. The summed E-state index contributed by atoms with van der Waals surface area (Å²) < 4.78 is 0. The van der Waals surface area contributed by atoms with Crippen LogP contribution in [0.2, 0.25) is 0 Å². The number of benzene rings is 10. The number of ketones is 2. The molecular formula is C58H44N2O2. The predicted molar refractivity (Wildman–Crippen MR) is 258 cm³/mol. The Hall–Kier alpha value is -7.82. The Balaban J connectivity index is 1.37. The van der Waals surface area contributed by atoms with Crippen molar-refractivity contribution < 1.29 is 9.59 Å². The third-order valence-electron chi connectivity index (χ3n) is 12.1. The van der Waals surface area contributed by atoms with E-state index in [1.54, 1.807) is 0 Å². The van der Waals surface area contributed by atoms with Crippen LogP contribution in [0.1, 0.15) is 54.1 Å². The number of aryl methyl sites for hydroxylation is 4. The van der Waals surface area contributed by atoms with Crippen LogP contribution < -0.4 is 9.80 Å². The summed E-state index contributed by atoms with van der Waals surface area (Å²) in [7, 11) is 0. The van der Waals surface area contributed by atoms with E-state index in [1.807, 2.05) is 60.7 Å². The Bertz CT molecular complexity index is 2950. The van der Waals surface area contributed by atoms with E-state index < -0.39 is 0 Å². The number of carbonyl (C=O) groups excluding carboxylic acids is 2. The van der Waals surface area contributed by atoms with Gasteiger partial charge in [0.05, 0.1) is 11.4 Å². The molecule has 4 nitrogen and oxygen atoms in total. The molecule has 0 heterocycles. The fraction of sp³-hybridized carbons (Fsp3) is 0.0690. The van der Waals surface area contributed by atoms with Gasteiger partial charge in [0, 0.05) is 66.5 Å². The summed E-state index contributed by atoms with van der Waals surface area (Å²) in [6, 6.07) is 65.8. The van der Waals surface area contributed by atoms with Crippen LogP contribution in [0, 0.1) is 27.7 Å². The summed E-state index contributed by atoms with van der Waals surface area (Å²) in [4.78, 5) is 34.5. The topological polar surface area (TPSA) is 40.6 Å². The SMILES string of the molecule is Cc1ccc(N(c2ccc(C)cc2)c2cc(C(=O)c3ccccc3)c3ccc4c(N(c5ccc(C)cc5)c5ccc(C)cc5)cc(C(=O)c5ccccc5)c5ccc2c3c54)cc1. The largest absolute Gasteiger partial charge is 0.310 e. The van der Waals surface area contributed by atoms with Crippen molar-refractivity contribution in [1.82, 2.24) is 0 Å². The molecule has 0 aliphatic heterocycles. The van der Waals surface area contributed by atoms with E-state index in [-0.39, 0.29) is 11.6 Å². The van der Waals surface area contributed by atoms with Crippen LogP contribution in [-0.4, -0.2) is 11.6 Å². The van der Waals surface area contributed by atoms with Crippen LogP contribution in [0.5, 0.6) is 0 Å². The lowest BCUT2D eigenvalue weighted by Crippen LogP contribution is -2.14. The van der Waals surface area contributed by atoms with Gasteiger partial charge in [-0.25, -0.2) is 0 Å². The van der Waals surface area contributed by atoms with Crippen LogP contribution in [-0.2, 0) is 0 Å². The molecule has 0 unspecified atom stereocenters. The van der Waals surface area contributed by atoms with Crippen molar-refractivity contribution in [2.24, 2.45) is 0 Å². The van der Waals surface area contributed by atoms with E-state index in [0.717, 1.165) is 88.7 Å². The molecule has 0 amide bonds. The highest BCUT2D eigenvalue weighted by molar-refractivity contribution is 6.35. The Morgan fingerprint density at radius 2 is 0.597 bits per heavy atom. The van der Waals surface area contributed by atoms with Gasteiger partial charge in [0.25, 0.3) is 0 Å². The molecule has 298 valence electrons. The molecule has 0 aliphatic rings. The zero-order valence-corrected chi connectivity index (χ0v) is 35.2. The molecule has 0 N–H and O–H groups in total. The monoisotopic (exact) mass is 800 g/mol. The van der Waals surface area contributed by atoms with Crippen molar-refractivity contribution in [3.8, 4) is 0 Å². The number of anilines is 6. The van der Waals surface area contributed by atoms with Crippen molar-refractivity contribution in [2.45, 2.75) is 27.7 Å². The minimum absolute atomic E-state index is 0.0701. The third kappa shape index (κ3) is 6.76. The van der Waals surface area contributed by atoms with E-state index >= 15 is 9.59 Å². The van der Waals surface area contributed by atoms with Crippen LogP contribution in [0.3, 0.4) is 0 Å². The molecule has 0 atom stereocenters. The fourth-order valence-corrected chi connectivity index (χ4v) is 8.82. The second kappa shape index (κ2) is 15.7. The van der Waals surface area contributed by atoms with Crippen LogP contribution in [0.25, 0.3) is 32.3 Å². The van der Waals surface area contributed by atoms with Gasteiger partial charge in [-0.3, -0.25) is 9.59 Å². The van der Waals surface area contributed by atoms with Crippen molar-refractivity contribution in [3.05, 3.63) is 239 Å². The van der Waals surface area contributed by atoms with Gasteiger partial charge in [-0.1, -0.05) is 156 Å². The molecule has 0 bridgehead atoms. The van der Waals surface area contributed by atoms with Gasteiger partial charge < -0.3 is 9.80 Å². The molecule has 0 radical (unpaired) electrons. The maximum Gasteiger partial charge on any atom is 0.193 e. The first-order chi connectivity index (χ1) is 30.2. The Morgan fingerprint density at radius 1 is 0.323 bits per heavy atom. The highest BCUT2D eigenvalue weighted by atomic mass is 16.1. The Kier molecular flexibility index (Phi) is 9.69. The molecule has 0 spiro atoms. The molecule has 10 aromatic carbocycles. The first kappa shape index (κ1) is 38.4. The van der Waals surface area contributed by atoms with Crippen LogP contribution in [0.4, 0.5) is 34.1 Å². The smallest absolute Gasteiger partial charge is 0.193 e.